The highest BCUT2D eigenvalue weighted by Crippen LogP contribution is 2.37. The third-order valence-electron chi connectivity index (χ3n) is 4.87. The van der Waals surface area contributed by atoms with Gasteiger partial charge in [-0.1, -0.05) is 0 Å². The largest absolute Gasteiger partial charge is 0.497 e. The summed E-state index contributed by atoms with van der Waals surface area (Å²) in [6.07, 6.45) is 0.828. The quantitative estimate of drug-likeness (QED) is 0.626. The molecule has 1 atom stereocenters. The van der Waals surface area contributed by atoms with Crippen LogP contribution in [0.1, 0.15) is 11.7 Å². The molecular weight excluding hydrogens is 400 g/mol. The smallest absolute Gasteiger partial charge is 0.291 e. The Morgan fingerprint density at radius 2 is 1.65 bits per heavy atom. The molecule has 0 aliphatic carbocycles. The van der Waals surface area contributed by atoms with E-state index in [1.54, 1.807) is 60.5 Å². The van der Waals surface area contributed by atoms with Crippen molar-refractivity contribution >= 4 is 29.0 Å². The van der Waals surface area contributed by atoms with E-state index < -0.39 is 12.1 Å². The number of nitrogens with two attached hydrogens (primary N) is 1. The monoisotopic (exact) mass is 422 g/mol. The number of ether oxygens (including phenoxy) is 3. The van der Waals surface area contributed by atoms with Crippen LogP contribution in [0.2, 0.25) is 0 Å². The summed E-state index contributed by atoms with van der Waals surface area (Å²) in [5.74, 6) is 1.68. The molecule has 1 aromatic heterocycles. The van der Waals surface area contributed by atoms with Crippen molar-refractivity contribution in [2.75, 3.05) is 31.5 Å². The zero-order chi connectivity index (χ0) is 22.0. The van der Waals surface area contributed by atoms with Crippen LogP contribution in [0, 0.1) is 0 Å². The third-order valence-corrected chi connectivity index (χ3v) is 4.87. The van der Waals surface area contributed by atoms with E-state index in [0.29, 0.717) is 40.1 Å². The Labute approximate surface area is 179 Å². The van der Waals surface area contributed by atoms with Crippen molar-refractivity contribution in [2.45, 2.75) is 6.17 Å². The molecule has 2 aromatic carbocycles. The fourth-order valence-corrected chi connectivity index (χ4v) is 3.30. The van der Waals surface area contributed by atoms with Crippen LogP contribution in [0.3, 0.4) is 0 Å². The Morgan fingerprint density at radius 1 is 1.00 bits per heavy atom. The lowest BCUT2D eigenvalue weighted by atomic mass is 10.1. The van der Waals surface area contributed by atoms with Gasteiger partial charge >= 0.3 is 0 Å². The van der Waals surface area contributed by atoms with Gasteiger partial charge in [0.2, 0.25) is 11.7 Å². The standard InChI is InChI=1S/C22H22N4O5/c1-28-15-6-4-14(5-7-15)26-19(23)18-8-9-31-22(18)25-20(26)21(27)24-13-10-16(29-2)12-17(11-13)30-3/h4-12,19H,23H2,1-3H3,(H,24,27). The van der Waals surface area contributed by atoms with E-state index >= 15 is 0 Å². The molecule has 3 aromatic rings. The summed E-state index contributed by atoms with van der Waals surface area (Å²) in [5, 5.41) is 2.83. The zero-order valence-electron chi connectivity index (χ0n) is 17.3. The fraction of sp³-hybridized carbons (Fsp3) is 0.182. The lowest BCUT2D eigenvalue weighted by Gasteiger charge is -2.33. The average molecular weight is 422 g/mol. The number of carbonyl (C=O) groups is 1. The molecule has 1 amide bonds. The number of amides is 1. The van der Waals surface area contributed by atoms with E-state index in [1.165, 1.54) is 20.5 Å². The molecule has 0 spiro atoms. The minimum Gasteiger partial charge on any atom is -0.497 e. The number of furan rings is 1. The second-order valence-electron chi connectivity index (χ2n) is 6.68. The second kappa shape index (κ2) is 8.41. The maximum Gasteiger partial charge on any atom is 0.291 e. The number of rotatable bonds is 6. The molecule has 160 valence electrons. The highest BCUT2D eigenvalue weighted by molar-refractivity contribution is 6.47. The molecule has 0 saturated heterocycles. The molecule has 1 aliphatic rings. The topological polar surface area (TPSA) is 112 Å². The first kappa shape index (κ1) is 20.3. The first-order valence-electron chi connectivity index (χ1n) is 9.43. The van der Waals surface area contributed by atoms with E-state index in [2.05, 4.69) is 10.3 Å². The van der Waals surface area contributed by atoms with Crippen LogP contribution < -0.4 is 30.2 Å². The van der Waals surface area contributed by atoms with Gasteiger partial charge < -0.3 is 34.6 Å². The molecule has 2 heterocycles. The number of carbonyl (C=O) groups excluding carboxylic acids is 1. The summed E-state index contributed by atoms with van der Waals surface area (Å²) < 4.78 is 21.2. The highest BCUT2D eigenvalue weighted by atomic mass is 16.5. The minimum atomic E-state index is -0.666. The van der Waals surface area contributed by atoms with Crippen molar-refractivity contribution in [3.63, 3.8) is 0 Å². The van der Waals surface area contributed by atoms with Crippen LogP contribution in [0.15, 0.2) is 64.2 Å². The summed E-state index contributed by atoms with van der Waals surface area (Å²) in [6, 6.07) is 14.0. The number of aliphatic imine (C=N–C) groups is 1. The maximum atomic E-state index is 13.3. The zero-order valence-corrected chi connectivity index (χ0v) is 17.3. The van der Waals surface area contributed by atoms with Crippen molar-refractivity contribution in [2.24, 2.45) is 10.7 Å². The highest BCUT2D eigenvalue weighted by Gasteiger charge is 2.34. The summed E-state index contributed by atoms with van der Waals surface area (Å²) in [7, 11) is 4.66. The number of fused-ring (bicyclic) bond motifs is 1. The van der Waals surface area contributed by atoms with Gasteiger partial charge in [0.15, 0.2) is 0 Å². The normalized spacial score (nSPS) is 15.0. The van der Waals surface area contributed by atoms with Crippen molar-refractivity contribution in [1.29, 1.82) is 0 Å². The molecule has 0 fully saturated rings. The van der Waals surface area contributed by atoms with Gasteiger partial charge in [0.05, 0.1) is 33.2 Å². The number of amidine groups is 1. The Bertz CT molecular complexity index is 1100. The molecular formula is C22H22N4O5. The number of methoxy groups -OCH3 is 3. The fourth-order valence-electron chi connectivity index (χ4n) is 3.30. The average Bonchev–Trinajstić information content (AvgIpc) is 3.28. The van der Waals surface area contributed by atoms with Crippen LogP contribution in [-0.4, -0.2) is 33.1 Å². The van der Waals surface area contributed by atoms with E-state index in [1.807, 2.05) is 0 Å². The van der Waals surface area contributed by atoms with Gasteiger partial charge in [-0.15, -0.1) is 0 Å². The van der Waals surface area contributed by atoms with Crippen LogP contribution in [-0.2, 0) is 4.79 Å². The SMILES string of the molecule is COc1ccc(N2C(C(=O)Nc3cc(OC)cc(OC)c3)=Nc3occc3C2N)cc1. The summed E-state index contributed by atoms with van der Waals surface area (Å²) in [6.45, 7) is 0. The van der Waals surface area contributed by atoms with Crippen LogP contribution in [0.5, 0.6) is 17.2 Å². The Hall–Kier alpha value is -3.98. The molecule has 0 radical (unpaired) electrons. The van der Waals surface area contributed by atoms with Crippen molar-refractivity contribution in [1.82, 2.24) is 0 Å². The molecule has 4 rings (SSSR count). The predicted molar refractivity (Wildman–Crippen MR) is 116 cm³/mol. The van der Waals surface area contributed by atoms with Gasteiger partial charge in [-0.3, -0.25) is 4.79 Å². The number of anilines is 2. The molecule has 9 nitrogen and oxygen atoms in total. The molecule has 3 N–H and O–H groups in total. The van der Waals surface area contributed by atoms with E-state index in [0.717, 1.165) is 0 Å². The predicted octanol–water partition coefficient (Wildman–Crippen LogP) is 3.45. The molecule has 0 bridgehead atoms. The third kappa shape index (κ3) is 3.90. The minimum absolute atomic E-state index is 0.0851. The van der Waals surface area contributed by atoms with E-state index in [-0.39, 0.29) is 5.84 Å². The van der Waals surface area contributed by atoms with Gasteiger partial charge in [-0.05, 0) is 30.3 Å². The lowest BCUT2D eigenvalue weighted by molar-refractivity contribution is -0.110. The number of nitrogens with one attached hydrogen (secondary N) is 1. The molecule has 31 heavy (non-hydrogen) atoms. The van der Waals surface area contributed by atoms with Gasteiger partial charge in [0.25, 0.3) is 5.91 Å². The molecule has 1 unspecified atom stereocenters. The number of benzene rings is 2. The van der Waals surface area contributed by atoms with Crippen molar-refractivity contribution in [3.05, 3.63) is 60.4 Å². The maximum absolute atomic E-state index is 13.3. The molecule has 1 aliphatic heterocycles. The van der Waals surface area contributed by atoms with Gasteiger partial charge in [0, 0.05) is 29.6 Å². The molecule has 9 heteroatoms. The summed E-state index contributed by atoms with van der Waals surface area (Å²) in [5.41, 5.74) is 8.32. The number of nitrogens with zero attached hydrogens (tertiary/aromatic N) is 2. The van der Waals surface area contributed by atoms with Crippen LogP contribution in [0.4, 0.5) is 17.3 Å². The first-order valence-corrected chi connectivity index (χ1v) is 9.43. The van der Waals surface area contributed by atoms with Crippen LogP contribution in [0.25, 0.3) is 0 Å². The summed E-state index contributed by atoms with van der Waals surface area (Å²) in [4.78, 5) is 19.3. The Balaban J connectivity index is 1.71. The van der Waals surface area contributed by atoms with E-state index in [9.17, 15) is 4.79 Å². The Morgan fingerprint density at radius 3 is 2.26 bits per heavy atom. The lowest BCUT2D eigenvalue weighted by Crippen LogP contribution is -2.47. The van der Waals surface area contributed by atoms with E-state index in [4.69, 9.17) is 24.4 Å². The van der Waals surface area contributed by atoms with Crippen molar-refractivity contribution < 1.29 is 23.4 Å². The summed E-state index contributed by atoms with van der Waals surface area (Å²) >= 11 is 0. The number of hydrogen-bond acceptors (Lipinski definition) is 8. The molecule has 0 saturated carbocycles. The second-order valence-corrected chi connectivity index (χ2v) is 6.68. The number of hydrogen-bond donors (Lipinski definition) is 2. The van der Waals surface area contributed by atoms with Gasteiger partial charge in [0.1, 0.15) is 23.4 Å². The van der Waals surface area contributed by atoms with Gasteiger partial charge in [-0.2, -0.15) is 4.99 Å². The first-order chi connectivity index (χ1) is 15.0. The Kier molecular flexibility index (Phi) is 5.50. The van der Waals surface area contributed by atoms with Gasteiger partial charge in [-0.25, -0.2) is 0 Å². The van der Waals surface area contributed by atoms with Crippen molar-refractivity contribution in [3.8, 4) is 17.2 Å². The van der Waals surface area contributed by atoms with Crippen LogP contribution >= 0.6 is 0 Å².